The highest BCUT2D eigenvalue weighted by Crippen LogP contribution is 2.42. The van der Waals surface area contributed by atoms with Crippen LogP contribution in [0.2, 0.25) is 0 Å². The lowest BCUT2D eigenvalue weighted by atomic mass is 9.97. The highest BCUT2D eigenvalue weighted by Gasteiger charge is 2.24. The van der Waals surface area contributed by atoms with Crippen molar-refractivity contribution in [2.75, 3.05) is 0 Å². The smallest absolute Gasteiger partial charge is 0.238 e. The number of para-hydroxylation sites is 4. The molecule has 262 valence electrons. The van der Waals surface area contributed by atoms with Crippen LogP contribution in [0.5, 0.6) is 0 Å². The van der Waals surface area contributed by atoms with Crippen molar-refractivity contribution in [3.05, 3.63) is 200 Å². The number of fused-ring (bicyclic) bond motifs is 6. The Hall–Kier alpha value is -7.63. The van der Waals surface area contributed by atoms with E-state index >= 15 is 0 Å². The van der Waals surface area contributed by atoms with E-state index in [4.69, 9.17) is 15.0 Å². The maximum Gasteiger partial charge on any atom is 0.238 e. The summed E-state index contributed by atoms with van der Waals surface area (Å²) in [5.41, 5.74) is 11.7. The molecule has 11 rings (SSSR count). The van der Waals surface area contributed by atoms with Gasteiger partial charge in [0.2, 0.25) is 5.95 Å². The van der Waals surface area contributed by atoms with Crippen LogP contribution in [-0.4, -0.2) is 24.1 Å². The monoisotopic (exact) mass is 715 g/mol. The second kappa shape index (κ2) is 13.0. The zero-order valence-electron chi connectivity index (χ0n) is 30.3. The van der Waals surface area contributed by atoms with Crippen LogP contribution in [0.3, 0.4) is 0 Å². The third-order valence-corrected chi connectivity index (χ3v) is 10.8. The first kappa shape index (κ1) is 31.9. The largest absolute Gasteiger partial charge is 0.309 e. The number of aromatic nitrogens is 5. The van der Waals surface area contributed by atoms with Gasteiger partial charge in [-0.05, 0) is 47.0 Å². The molecule has 0 N–H and O–H groups in total. The molecule has 3 aromatic heterocycles. The fourth-order valence-electron chi connectivity index (χ4n) is 8.37. The number of hydrogen-bond acceptors (Lipinski definition) is 3. The van der Waals surface area contributed by atoms with E-state index in [-0.39, 0.29) is 0 Å². The molecule has 8 aromatic carbocycles. The van der Waals surface area contributed by atoms with Crippen molar-refractivity contribution in [3.8, 4) is 56.7 Å². The SMILES string of the molecule is c1ccc(-c2nc(-c3ccccc3-n3c4ccccc4c4ccccc43)nc(-n3c4cccc(-c5ccccc5)c4c4cccc(-c5ccccc5)c43)n2)cc1. The normalized spacial score (nSPS) is 11.6. The Labute approximate surface area is 323 Å². The van der Waals surface area contributed by atoms with Gasteiger partial charge in [0.15, 0.2) is 11.6 Å². The molecule has 0 aliphatic carbocycles. The summed E-state index contributed by atoms with van der Waals surface area (Å²) in [6.45, 7) is 0. The Morgan fingerprint density at radius 1 is 0.304 bits per heavy atom. The van der Waals surface area contributed by atoms with E-state index < -0.39 is 0 Å². The van der Waals surface area contributed by atoms with Crippen molar-refractivity contribution in [1.82, 2.24) is 24.1 Å². The Balaban J connectivity index is 1.25. The number of rotatable bonds is 6. The van der Waals surface area contributed by atoms with Crippen LogP contribution in [0.4, 0.5) is 0 Å². The van der Waals surface area contributed by atoms with Gasteiger partial charge in [0.05, 0.1) is 27.8 Å². The van der Waals surface area contributed by atoms with Gasteiger partial charge in [-0.15, -0.1) is 0 Å². The summed E-state index contributed by atoms with van der Waals surface area (Å²) in [5, 5.41) is 4.69. The molecule has 0 fully saturated rings. The molecule has 0 amide bonds. The lowest BCUT2D eigenvalue weighted by Crippen LogP contribution is -2.08. The van der Waals surface area contributed by atoms with Gasteiger partial charge < -0.3 is 4.57 Å². The Kier molecular flexibility index (Phi) is 7.42. The minimum Gasteiger partial charge on any atom is -0.309 e. The van der Waals surface area contributed by atoms with Gasteiger partial charge >= 0.3 is 0 Å². The molecule has 5 nitrogen and oxygen atoms in total. The summed E-state index contributed by atoms with van der Waals surface area (Å²) in [5.74, 6) is 1.76. The first-order chi connectivity index (χ1) is 27.8. The summed E-state index contributed by atoms with van der Waals surface area (Å²) < 4.78 is 4.59. The van der Waals surface area contributed by atoms with Crippen LogP contribution < -0.4 is 0 Å². The van der Waals surface area contributed by atoms with E-state index in [1.165, 1.54) is 10.8 Å². The molecule has 0 aliphatic heterocycles. The van der Waals surface area contributed by atoms with Gasteiger partial charge in [-0.3, -0.25) is 4.57 Å². The Bertz CT molecular complexity index is 3180. The van der Waals surface area contributed by atoms with Gasteiger partial charge in [-0.25, -0.2) is 4.98 Å². The second-order valence-electron chi connectivity index (χ2n) is 14.0. The third kappa shape index (κ3) is 5.06. The Morgan fingerprint density at radius 3 is 1.48 bits per heavy atom. The molecule has 0 radical (unpaired) electrons. The van der Waals surface area contributed by atoms with Gasteiger partial charge in [-0.1, -0.05) is 170 Å². The van der Waals surface area contributed by atoms with Crippen LogP contribution in [0.25, 0.3) is 100 Å². The number of hydrogen-bond donors (Lipinski definition) is 0. The van der Waals surface area contributed by atoms with Crippen molar-refractivity contribution in [3.63, 3.8) is 0 Å². The number of benzene rings is 8. The van der Waals surface area contributed by atoms with E-state index in [9.17, 15) is 0 Å². The van der Waals surface area contributed by atoms with E-state index in [0.29, 0.717) is 17.6 Å². The highest BCUT2D eigenvalue weighted by molar-refractivity contribution is 6.18. The second-order valence-corrected chi connectivity index (χ2v) is 14.0. The average Bonchev–Trinajstić information content (AvgIpc) is 3.80. The summed E-state index contributed by atoms with van der Waals surface area (Å²) >= 11 is 0. The molecule has 0 saturated carbocycles. The lowest BCUT2D eigenvalue weighted by molar-refractivity contribution is 0.952. The summed E-state index contributed by atoms with van der Waals surface area (Å²) in [4.78, 5) is 16.1. The molecular formula is C51H33N5. The van der Waals surface area contributed by atoms with Crippen LogP contribution in [0.1, 0.15) is 0 Å². The van der Waals surface area contributed by atoms with Gasteiger partial charge in [0, 0.05) is 38.2 Å². The number of nitrogens with zero attached hydrogens (tertiary/aromatic N) is 5. The molecule has 5 heteroatoms. The summed E-state index contributed by atoms with van der Waals surface area (Å²) in [6.07, 6.45) is 0. The fourth-order valence-corrected chi connectivity index (χ4v) is 8.37. The van der Waals surface area contributed by atoms with Gasteiger partial charge in [-0.2, -0.15) is 9.97 Å². The molecule has 0 bridgehead atoms. The maximum absolute atomic E-state index is 5.47. The third-order valence-electron chi connectivity index (χ3n) is 10.8. The molecular weight excluding hydrogens is 683 g/mol. The molecule has 0 atom stereocenters. The van der Waals surface area contributed by atoms with Crippen molar-refractivity contribution in [2.24, 2.45) is 0 Å². The minimum atomic E-state index is 0.555. The standard InChI is InChI=1S/C51H33N5/c1-4-18-34(19-5-1)37-27-17-33-46-47(37)42-29-16-28-38(35-20-6-2-7-21-35)48(42)56(46)51-53-49(36-22-8-3-9-23-36)52-50(54-51)41-26-12-15-32-45(41)55-43-30-13-10-24-39(43)40-25-11-14-31-44(40)55/h1-33H. The van der Waals surface area contributed by atoms with Crippen LogP contribution in [0, 0.1) is 0 Å². The quantitative estimate of drug-likeness (QED) is 0.172. The van der Waals surface area contributed by atoms with Gasteiger partial charge in [0.25, 0.3) is 0 Å². The molecule has 0 spiro atoms. The first-order valence-electron chi connectivity index (χ1n) is 18.9. The van der Waals surface area contributed by atoms with Crippen molar-refractivity contribution in [2.45, 2.75) is 0 Å². The van der Waals surface area contributed by atoms with Crippen molar-refractivity contribution >= 4 is 43.6 Å². The van der Waals surface area contributed by atoms with E-state index in [0.717, 1.165) is 71.9 Å². The van der Waals surface area contributed by atoms with Crippen LogP contribution in [-0.2, 0) is 0 Å². The minimum absolute atomic E-state index is 0.555. The van der Waals surface area contributed by atoms with Gasteiger partial charge in [0.1, 0.15) is 0 Å². The maximum atomic E-state index is 5.47. The Morgan fingerprint density at radius 2 is 0.786 bits per heavy atom. The molecule has 0 unspecified atom stereocenters. The predicted molar refractivity (Wildman–Crippen MR) is 230 cm³/mol. The topological polar surface area (TPSA) is 48.5 Å². The first-order valence-corrected chi connectivity index (χ1v) is 18.9. The highest BCUT2D eigenvalue weighted by atomic mass is 15.2. The average molecular weight is 716 g/mol. The molecule has 11 aromatic rings. The van der Waals surface area contributed by atoms with Crippen molar-refractivity contribution in [1.29, 1.82) is 0 Å². The molecule has 0 aliphatic rings. The molecule has 3 heterocycles. The van der Waals surface area contributed by atoms with Crippen LogP contribution in [0.15, 0.2) is 200 Å². The van der Waals surface area contributed by atoms with E-state index in [1.807, 2.05) is 18.2 Å². The zero-order chi connectivity index (χ0) is 37.0. The van der Waals surface area contributed by atoms with Crippen molar-refractivity contribution < 1.29 is 0 Å². The zero-order valence-corrected chi connectivity index (χ0v) is 30.3. The fraction of sp³-hybridized carbons (Fsp3) is 0. The predicted octanol–water partition coefficient (Wildman–Crippen LogP) is 12.7. The molecule has 0 saturated heterocycles. The lowest BCUT2D eigenvalue weighted by Gasteiger charge is -2.16. The summed E-state index contributed by atoms with van der Waals surface area (Å²) in [7, 11) is 0. The molecule has 56 heavy (non-hydrogen) atoms. The van der Waals surface area contributed by atoms with E-state index in [1.54, 1.807) is 0 Å². The van der Waals surface area contributed by atoms with E-state index in [2.05, 4.69) is 191 Å². The summed E-state index contributed by atoms with van der Waals surface area (Å²) in [6, 6.07) is 70.2. The van der Waals surface area contributed by atoms with Crippen LogP contribution >= 0.6 is 0 Å².